The summed E-state index contributed by atoms with van der Waals surface area (Å²) in [5.74, 6) is 0.828. The van der Waals surface area contributed by atoms with Crippen molar-refractivity contribution >= 4 is 17.5 Å². The van der Waals surface area contributed by atoms with Crippen molar-refractivity contribution in [3.05, 3.63) is 94.0 Å². The van der Waals surface area contributed by atoms with Gasteiger partial charge in [0.2, 0.25) is 18.3 Å². The first kappa shape index (κ1) is 21.0. The van der Waals surface area contributed by atoms with Crippen molar-refractivity contribution in [1.82, 2.24) is 9.88 Å². The van der Waals surface area contributed by atoms with Gasteiger partial charge in [0.1, 0.15) is 0 Å². The van der Waals surface area contributed by atoms with Gasteiger partial charge < -0.3 is 4.90 Å². The van der Waals surface area contributed by atoms with Gasteiger partial charge in [0.05, 0.1) is 12.1 Å². The normalized spacial score (nSPS) is 18.5. The van der Waals surface area contributed by atoms with Gasteiger partial charge in [0.25, 0.3) is 0 Å². The number of fused-ring (bicyclic) bond motifs is 2. The number of aromatic nitrogens is 2. The number of halogens is 1. The zero-order chi connectivity index (χ0) is 22.1. The lowest BCUT2D eigenvalue weighted by molar-refractivity contribution is -0.904. The van der Waals surface area contributed by atoms with Gasteiger partial charge in [0.15, 0.2) is 0 Å². The molecule has 1 aromatic carbocycles. The molecule has 6 heteroatoms. The minimum Gasteiger partial charge on any atom is -0.342 e. The molecular formula is C26H27ClN3O2+. The first-order valence-corrected chi connectivity index (χ1v) is 11.7. The van der Waals surface area contributed by atoms with Gasteiger partial charge in [-0.1, -0.05) is 23.7 Å². The molecule has 0 bridgehead atoms. The summed E-state index contributed by atoms with van der Waals surface area (Å²) >= 11 is 6.33. The molecule has 0 saturated carbocycles. The van der Waals surface area contributed by atoms with Gasteiger partial charge in [-0.2, -0.15) is 0 Å². The number of aryl methyl sites for hydroxylation is 2. The maximum atomic E-state index is 12.9. The Morgan fingerprint density at radius 1 is 1.09 bits per heavy atom. The number of pyridine rings is 2. The minimum absolute atomic E-state index is 0.144. The minimum atomic E-state index is 0.144. The summed E-state index contributed by atoms with van der Waals surface area (Å²) in [5.41, 5.74) is 6.10. The van der Waals surface area contributed by atoms with Crippen LogP contribution >= 0.6 is 11.6 Å². The van der Waals surface area contributed by atoms with Crippen molar-refractivity contribution in [3.8, 4) is 0 Å². The van der Waals surface area contributed by atoms with Crippen LogP contribution in [0.4, 0.5) is 0 Å². The molecule has 2 aromatic heterocycles. The molecule has 2 aliphatic rings. The van der Waals surface area contributed by atoms with Crippen LogP contribution in [0.3, 0.4) is 0 Å². The van der Waals surface area contributed by atoms with Crippen molar-refractivity contribution in [3.63, 3.8) is 0 Å². The second-order valence-electron chi connectivity index (χ2n) is 8.85. The van der Waals surface area contributed by atoms with Crippen LogP contribution in [0.15, 0.2) is 61.1 Å². The van der Waals surface area contributed by atoms with E-state index in [9.17, 15) is 10.0 Å². The van der Waals surface area contributed by atoms with E-state index in [1.165, 1.54) is 22.4 Å². The van der Waals surface area contributed by atoms with Crippen molar-refractivity contribution in [2.24, 2.45) is 5.92 Å². The van der Waals surface area contributed by atoms with Crippen LogP contribution in [0, 0.1) is 5.92 Å². The topological polar surface area (TPSA) is 57.3 Å². The summed E-state index contributed by atoms with van der Waals surface area (Å²) in [6, 6.07) is 14.1. The zero-order valence-corrected chi connectivity index (χ0v) is 18.7. The molecule has 1 saturated heterocycles. The first-order valence-electron chi connectivity index (χ1n) is 11.3. The lowest BCUT2D eigenvalue weighted by Gasteiger charge is -2.37. The Balaban J connectivity index is 1.35. The summed E-state index contributed by atoms with van der Waals surface area (Å²) in [7, 11) is 0. The number of hydrogen-bond acceptors (Lipinski definition) is 3. The molecule has 5 nitrogen and oxygen atoms in total. The molecule has 1 aliphatic heterocycles. The van der Waals surface area contributed by atoms with Gasteiger partial charge in [-0.15, -0.1) is 0 Å². The summed E-state index contributed by atoms with van der Waals surface area (Å²) < 4.78 is 0.989. The van der Waals surface area contributed by atoms with E-state index in [2.05, 4.69) is 18.2 Å². The quantitative estimate of drug-likeness (QED) is 0.487. The van der Waals surface area contributed by atoms with E-state index in [1.807, 2.05) is 23.2 Å². The molecule has 1 unspecified atom stereocenters. The van der Waals surface area contributed by atoms with Crippen LogP contribution in [0.25, 0.3) is 0 Å². The number of carbonyl (C=O) groups excluding carboxylic acids is 1. The van der Waals surface area contributed by atoms with Crippen LogP contribution < -0.4 is 4.73 Å². The zero-order valence-electron chi connectivity index (χ0n) is 18.0. The number of likely N-dealkylation sites (tertiary alicyclic amines) is 1. The molecule has 1 fully saturated rings. The Bertz CT molecular complexity index is 1120. The number of rotatable bonds is 3. The molecule has 5 rings (SSSR count). The number of nitrogens with zero attached hydrogens (tertiary/aromatic N) is 3. The lowest BCUT2D eigenvalue weighted by Crippen LogP contribution is -2.41. The average molecular weight is 449 g/mol. The van der Waals surface area contributed by atoms with E-state index in [1.54, 1.807) is 24.5 Å². The van der Waals surface area contributed by atoms with Crippen molar-refractivity contribution in [2.45, 2.75) is 38.0 Å². The van der Waals surface area contributed by atoms with E-state index in [0.29, 0.717) is 12.3 Å². The summed E-state index contributed by atoms with van der Waals surface area (Å²) in [4.78, 5) is 19.7. The summed E-state index contributed by atoms with van der Waals surface area (Å²) in [6.07, 6.45) is 9.24. The SMILES string of the molecule is O=C(Cc1cc[n+](O)cc1)N1CCC(C2c3ccc(Cl)cc3CCc3cccnc32)CC1. The lowest BCUT2D eigenvalue weighted by atomic mass is 9.76. The number of benzene rings is 1. The molecule has 164 valence electrons. The fourth-order valence-corrected chi connectivity index (χ4v) is 5.46. The van der Waals surface area contributed by atoms with E-state index < -0.39 is 0 Å². The van der Waals surface area contributed by atoms with E-state index in [-0.39, 0.29) is 11.8 Å². The van der Waals surface area contributed by atoms with Crippen LogP contribution in [-0.4, -0.2) is 34.1 Å². The van der Waals surface area contributed by atoms with Crippen molar-refractivity contribution in [2.75, 3.05) is 13.1 Å². The second kappa shape index (κ2) is 8.91. The first-order chi connectivity index (χ1) is 15.6. The molecule has 0 spiro atoms. The maximum absolute atomic E-state index is 12.9. The summed E-state index contributed by atoms with van der Waals surface area (Å²) in [6.45, 7) is 1.52. The average Bonchev–Trinajstić information content (AvgIpc) is 2.97. The Kier molecular flexibility index (Phi) is 5.83. The van der Waals surface area contributed by atoms with Gasteiger partial charge in [-0.25, -0.2) is 0 Å². The molecule has 1 atom stereocenters. The molecular weight excluding hydrogens is 422 g/mol. The fourth-order valence-electron chi connectivity index (χ4n) is 5.27. The van der Waals surface area contributed by atoms with E-state index in [0.717, 1.165) is 54.1 Å². The largest absolute Gasteiger partial charge is 0.342 e. The van der Waals surface area contributed by atoms with E-state index in [4.69, 9.17) is 16.6 Å². The van der Waals surface area contributed by atoms with Gasteiger partial charge in [-0.05, 0) is 72.1 Å². The van der Waals surface area contributed by atoms with Gasteiger partial charge in [-0.3, -0.25) is 15.0 Å². The molecule has 3 aromatic rings. The third-order valence-corrected chi connectivity index (χ3v) is 7.16. The molecule has 1 aliphatic carbocycles. The Morgan fingerprint density at radius 2 is 1.84 bits per heavy atom. The van der Waals surface area contributed by atoms with Gasteiger partial charge in [0, 0.05) is 47.1 Å². The summed E-state index contributed by atoms with van der Waals surface area (Å²) in [5, 5.41) is 10.2. The number of piperidine rings is 1. The number of carbonyl (C=O) groups is 1. The highest BCUT2D eigenvalue weighted by Crippen LogP contribution is 2.42. The van der Waals surface area contributed by atoms with E-state index >= 15 is 0 Å². The van der Waals surface area contributed by atoms with Crippen molar-refractivity contribution in [1.29, 1.82) is 0 Å². The van der Waals surface area contributed by atoms with Crippen LogP contribution in [0.2, 0.25) is 5.02 Å². The van der Waals surface area contributed by atoms with Crippen molar-refractivity contribution < 1.29 is 14.7 Å². The predicted molar refractivity (Wildman–Crippen MR) is 122 cm³/mol. The Morgan fingerprint density at radius 3 is 2.62 bits per heavy atom. The van der Waals surface area contributed by atoms with Crippen LogP contribution in [0.1, 0.15) is 46.7 Å². The smallest absolute Gasteiger partial charge is 0.226 e. The third-order valence-electron chi connectivity index (χ3n) is 6.93. The number of hydrogen-bond donors (Lipinski definition) is 1. The highest BCUT2D eigenvalue weighted by molar-refractivity contribution is 6.30. The predicted octanol–water partition coefficient (Wildman–Crippen LogP) is 3.97. The molecule has 1 amide bonds. The standard InChI is InChI=1S/C26H27ClN3O2/c27-22-5-6-23-21(17-22)4-3-20-2-1-11-28-26(20)25(23)19-9-12-29(13-10-19)24(31)16-18-7-14-30(32)15-8-18/h1-2,5-8,11,14-15,17,19,25,32H,3-4,9-10,12-13,16H2/q+1. The Labute approximate surface area is 193 Å². The van der Waals surface area contributed by atoms with Crippen LogP contribution in [0.5, 0.6) is 0 Å². The fraction of sp³-hybridized carbons (Fsp3) is 0.346. The van der Waals surface area contributed by atoms with Crippen LogP contribution in [-0.2, 0) is 24.1 Å². The second-order valence-corrected chi connectivity index (χ2v) is 9.29. The Hall–Kier alpha value is -2.92. The monoisotopic (exact) mass is 448 g/mol. The third kappa shape index (κ3) is 4.22. The molecule has 0 radical (unpaired) electrons. The highest BCUT2D eigenvalue weighted by Gasteiger charge is 2.34. The maximum Gasteiger partial charge on any atom is 0.226 e. The molecule has 32 heavy (non-hydrogen) atoms. The highest BCUT2D eigenvalue weighted by atomic mass is 35.5. The number of amides is 1. The van der Waals surface area contributed by atoms with Gasteiger partial charge >= 0.3 is 0 Å². The molecule has 1 N–H and O–H groups in total. The molecule has 3 heterocycles.